The zero-order chi connectivity index (χ0) is 19.4. The van der Waals surface area contributed by atoms with Crippen LogP contribution in [0.3, 0.4) is 0 Å². The van der Waals surface area contributed by atoms with E-state index in [0.29, 0.717) is 17.4 Å². The molecular formula is C23H32FNO. The Kier molecular flexibility index (Phi) is 6.80. The summed E-state index contributed by atoms with van der Waals surface area (Å²) in [7, 11) is 0. The Balaban J connectivity index is 2.79. The van der Waals surface area contributed by atoms with E-state index in [1.165, 1.54) is 17.7 Å². The molecule has 2 aromatic rings. The first-order chi connectivity index (χ1) is 12.3. The Labute approximate surface area is 157 Å². The molecule has 0 spiro atoms. The Hall–Kier alpha value is -1.90. The molecule has 0 fully saturated rings. The number of phenolic OH excluding ortho intramolecular Hbond substituents is 1. The Morgan fingerprint density at radius 2 is 1.69 bits per heavy atom. The molecule has 2 nitrogen and oxygen atoms in total. The van der Waals surface area contributed by atoms with Gasteiger partial charge in [0.2, 0.25) is 0 Å². The molecule has 142 valence electrons. The van der Waals surface area contributed by atoms with E-state index in [1.807, 2.05) is 0 Å². The largest absolute Gasteiger partial charge is 0.507 e. The lowest BCUT2D eigenvalue weighted by atomic mass is 9.85. The van der Waals surface area contributed by atoms with E-state index >= 15 is 0 Å². The molecular weight excluding hydrogens is 325 g/mol. The zero-order valence-electron chi connectivity index (χ0n) is 17.0. The lowest BCUT2D eigenvalue weighted by molar-refractivity contribution is 0.471. The number of aromatic nitrogens is 1. The van der Waals surface area contributed by atoms with Gasteiger partial charge in [0.15, 0.2) is 0 Å². The molecule has 0 bridgehead atoms. The number of nitrogens with zero attached hydrogens (tertiary/aromatic N) is 1. The quantitative estimate of drug-likeness (QED) is 0.548. The van der Waals surface area contributed by atoms with Gasteiger partial charge in [-0.3, -0.25) is 4.98 Å². The van der Waals surface area contributed by atoms with Crippen molar-refractivity contribution >= 4 is 0 Å². The summed E-state index contributed by atoms with van der Waals surface area (Å²) in [6, 6.07) is 4.33. The Morgan fingerprint density at radius 3 is 2.23 bits per heavy atom. The molecule has 1 heterocycles. The molecule has 0 saturated heterocycles. The van der Waals surface area contributed by atoms with Crippen LogP contribution in [-0.2, 0) is 6.42 Å². The molecule has 0 atom stereocenters. The molecule has 0 aliphatic rings. The van der Waals surface area contributed by atoms with Crippen LogP contribution in [-0.4, -0.2) is 10.1 Å². The van der Waals surface area contributed by atoms with Crippen LogP contribution in [0.15, 0.2) is 18.2 Å². The number of aromatic hydroxyl groups is 1. The van der Waals surface area contributed by atoms with Crippen molar-refractivity contribution in [2.24, 2.45) is 0 Å². The van der Waals surface area contributed by atoms with Gasteiger partial charge in [-0.1, -0.05) is 47.5 Å². The molecule has 1 aromatic carbocycles. The summed E-state index contributed by atoms with van der Waals surface area (Å²) in [5.41, 5.74) is 6.22. The van der Waals surface area contributed by atoms with Gasteiger partial charge in [-0.15, -0.1) is 0 Å². The van der Waals surface area contributed by atoms with Gasteiger partial charge in [0.25, 0.3) is 0 Å². The molecule has 1 N–H and O–H groups in total. The number of rotatable bonds is 7. The average molecular weight is 358 g/mol. The standard InChI is InChI=1S/C23H32FNO/c1-7-8-9-10-19-21(18-12-11-17(24)13-20(18)26)16(6)22(14(2)3)25-23(19)15(4)5/h11-15,26H,7-10H2,1-6H3. The van der Waals surface area contributed by atoms with Crippen molar-refractivity contribution in [1.29, 1.82) is 0 Å². The predicted octanol–water partition coefficient (Wildman–Crippen LogP) is 6.88. The fourth-order valence-electron chi connectivity index (χ4n) is 3.69. The van der Waals surface area contributed by atoms with Crippen LogP contribution in [0.25, 0.3) is 11.1 Å². The molecule has 0 aliphatic carbocycles. The third-order valence-electron chi connectivity index (χ3n) is 4.96. The SMILES string of the molecule is CCCCCc1c(C(C)C)nc(C(C)C)c(C)c1-c1ccc(F)cc1O. The molecule has 0 unspecified atom stereocenters. The highest BCUT2D eigenvalue weighted by atomic mass is 19.1. The van der Waals surface area contributed by atoms with Gasteiger partial charge in [-0.25, -0.2) is 4.39 Å². The molecule has 0 radical (unpaired) electrons. The number of hydrogen-bond donors (Lipinski definition) is 1. The lowest BCUT2D eigenvalue weighted by Gasteiger charge is -2.24. The molecule has 3 heteroatoms. The summed E-state index contributed by atoms with van der Waals surface area (Å²) in [5.74, 6) is 0.170. The number of unbranched alkanes of at least 4 members (excludes halogenated alkanes) is 2. The van der Waals surface area contributed by atoms with Crippen molar-refractivity contribution < 1.29 is 9.50 Å². The lowest BCUT2D eigenvalue weighted by Crippen LogP contribution is -2.10. The minimum atomic E-state index is -0.418. The van der Waals surface area contributed by atoms with Gasteiger partial charge in [0, 0.05) is 23.0 Å². The van der Waals surface area contributed by atoms with Crippen LogP contribution in [0.2, 0.25) is 0 Å². The average Bonchev–Trinajstić information content (AvgIpc) is 2.55. The minimum absolute atomic E-state index is 0.000420. The van der Waals surface area contributed by atoms with Crippen LogP contribution < -0.4 is 0 Å². The highest BCUT2D eigenvalue weighted by Gasteiger charge is 2.23. The Morgan fingerprint density at radius 1 is 1.04 bits per heavy atom. The van der Waals surface area contributed by atoms with Crippen LogP contribution in [0, 0.1) is 12.7 Å². The van der Waals surface area contributed by atoms with E-state index in [9.17, 15) is 9.50 Å². The summed E-state index contributed by atoms with van der Waals surface area (Å²) in [6.45, 7) is 12.9. The second kappa shape index (κ2) is 8.66. The molecule has 0 amide bonds. The van der Waals surface area contributed by atoms with Crippen LogP contribution in [0.5, 0.6) is 5.75 Å². The first-order valence-corrected chi connectivity index (χ1v) is 9.80. The van der Waals surface area contributed by atoms with E-state index in [4.69, 9.17) is 4.98 Å². The highest BCUT2D eigenvalue weighted by molar-refractivity contribution is 5.77. The van der Waals surface area contributed by atoms with Crippen LogP contribution in [0.4, 0.5) is 4.39 Å². The van der Waals surface area contributed by atoms with E-state index in [0.717, 1.165) is 48.2 Å². The number of benzene rings is 1. The maximum atomic E-state index is 13.6. The van der Waals surface area contributed by atoms with Gasteiger partial charge < -0.3 is 5.11 Å². The third kappa shape index (κ3) is 4.25. The fraction of sp³-hybridized carbons (Fsp3) is 0.522. The monoisotopic (exact) mass is 357 g/mol. The van der Waals surface area contributed by atoms with Gasteiger partial charge in [0.05, 0.1) is 0 Å². The van der Waals surface area contributed by atoms with Gasteiger partial charge in [0.1, 0.15) is 11.6 Å². The minimum Gasteiger partial charge on any atom is -0.507 e. The van der Waals surface area contributed by atoms with Gasteiger partial charge in [-0.2, -0.15) is 0 Å². The molecule has 0 aliphatic heterocycles. The molecule has 26 heavy (non-hydrogen) atoms. The van der Waals surface area contributed by atoms with Crippen molar-refractivity contribution in [2.75, 3.05) is 0 Å². The van der Waals surface area contributed by atoms with Crippen molar-refractivity contribution in [3.05, 3.63) is 46.5 Å². The van der Waals surface area contributed by atoms with Crippen molar-refractivity contribution in [1.82, 2.24) is 4.98 Å². The molecule has 2 rings (SSSR count). The number of hydrogen-bond acceptors (Lipinski definition) is 2. The zero-order valence-corrected chi connectivity index (χ0v) is 17.0. The van der Waals surface area contributed by atoms with Crippen molar-refractivity contribution in [2.45, 2.75) is 79.1 Å². The fourth-order valence-corrected chi connectivity index (χ4v) is 3.69. The van der Waals surface area contributed by atoms with E-state index < -0.39 is 5.82 Å². The normalized spacial score (nSPS) is 11.6. The van der Waals surface area contributed by atoms with Gasteiger partial charge in [-0.05, 0) is 60.4 Å². The maximum Gasteiger partial charge on any atom is 0.126 e. The summed E-state index contributed by atoms with van der Waals surface area (Å²) in [5, 5.41) is 10.5. The summed E-state index contributed by atoms with van der Waals surface area (Å²) in [4.78, 5) is 5.03. The van der Waals surface area contributed by atoms with E-state index in [-0.39, 0.29) is 5.75 Å². The Bertz CT molecular complexity index is 765. The molecule has 1 aromatic heterocycles. The predicted molar refractivity (Wildman–Crippen MR) is 107 cm³/mol. The number of phenols is 1. The number of halogens is 1. The third-order valence-corrected chi connectivity index (χ3v) is 4.96. The maximum absolute atomic E-state index is 13.6. The highest BCUT2D eigenvalue weighted by Crippen LogP contribution is 2.40. The first-order valence-electron chi connectivity index (χ1n) is 9.80. The second-order valence-corrected chi connectivity index (χ2v) is 7.79. The van der Waals surface area contributed by atoms with E-state index in [1.54, 1.807) is 6.07 Å². The topological polar surface area (TPSA) is 33.1 Å². The van der Waals surface area contributed by atoms with Crippen molar-refractivity contribution in [3.63, 3.8) is 0 Å². The van der Waals surface area contributed by atoms with Crippen LogP contribution >= 0.6 is 0 Å². The summed E-state index contributed by atoms with van der Waals surface area (Å²) >= 11 is 0. The molecule has 0 saturated carbocycles. The van der Waals surface area contributed by atoms with Crippen molar-refractivity contribution in [3.8, 4) is 16.9 Å². The van der Waals surface area contributed by atoms with Gasteiger partial charge >= 0.3 is 0 Å². The smallest absolute Gasteiger partial charge is 0.126 e. The second-order valence-electron chi connectivity index (χ2n) is 7.79. The summed E-state index contributed by atoms with van der Waals surface area (Å²) < 4.78 is 13.6. The first kappa shape index (κ1) is 20.4. The van der Waals surface area contributed by atoms with Crippen LogP contribution in [0.1, 0.15) is 88.2 Å². The summed E-state index contributed by atoms with van der Waals surface area (Å²) in [6.07, 6.45) is 4.34. The number of pyridine rings is 1. The van der Waals surface area contributed by atoms with E-state index in [2.05, 4.69) is 41.5 Å².